The second kappa shape index (κ2) is 8.41. The van der Waals surface area contributed by atoms with Crippen LogP contribution >= 0.6 is 0 Å². The molecule has 0 aliphatic heterocycles. The number of aryl methyl sites for hydroxylation is 1. The molecule has 0 spiro atoms. The Balaban J connectivity index is 1.54. The maximum Gasteiger partial charge on any atom is 0.119 e. The molecular formula is C26H31NO. The molecule has 2 N–H and O–H groups in total. The van der Waals surface area contributed by atoms with Gasteiger partial charge in [0, 0.05) is 11.6 Å². The van der Waals surface area contributed by atoms with E-state index in [0.29, 0.717) is 23.8 Å². The summed E-state index contributed by atoms with van der Waals surface area (Å²) in [6.07, 6.45) is 12.9. The molecule has 2 aromatic carbocycles. The van der Waals surface area contributed by atoms with Gasteiger partial charge < -0.3 is 10.5 Å². The average Bonchev–Trinajstić information content (AvgIpc) is 3.13. The summed E-state index contributed by atoms with van der Waals surface area (Å²) in [4.78, 5) is 0. The lowest BCUT2D eigenvalue weighted by Gasteiger charge is -2.34. The molecule has 0 bridgehead atoms. The van der Waals surface area contributed by atoms with E-state index >= 15 is 0 Å². The number of hydrogen-bond acceptors (Lipinski definition) is 2. The first-order chi connectivity index (χ1) is 13.6. The zero-order valence-corrected chi connectivity index (χ0v) is 16.8. The Morgan fingerprint density at radius 3 is 2.39 bits per heavy atom. The van der Waals surface area contributed by atoms with Gasteiger partial charge in [-0.3, -0.25) is 0 Å². The van der Waals surface area contributed by atoms with Crippen molar-refractivity contribution in [2.45, 2.75) is 63.5 Å². The number of nitrogens with two attached hydrogens (primary N) is 1. The summed E-state index contributed by atoms with van der Waals surface area (Å²) in [6.45, 7) is 2.15. The van der Waals surface area contributed by atoms with Crippen molar-refractivity contribution >= 4 is 0 Å². The first-order valence-corrected chi connectivity index (χ1v) is 10.7. The van der Waals surface area contributed by atoms with Gasteiger partial charge in [-0.1, -0.05) is 42.2 Å². The van der Waals surface area contributed by atoms with E-state index in [-0.39, 0.29) is 6.10 Å². The van der Waals surface area contributed by atoms with Crippen molar-refractivity contribution in [1.29, 1.82) is 0 Å². The second-order valence-corrected chi connectivity index (χ2v) is 8.75. The highest BCUT2D eigenvalue weighted by Gasteiger charge is 2.42. The third-order valence-electron chi connectivity index (χ3n) is 6.77. The fraction of sp³-hybridized carbons (Fsp3) is 0.462. The van der Waals surface area contributed by atoms with Crippen LogP contribution in [0.1, 0.15) is 61.1 Å². The zero-order valence-electron chi connectivity index (χ0n) is 16.8. The molecule has 28 heavy (non-hydrogen) atoms. The van der Waals surface area contributed by atoms with Crippen molar-refractivity contribution in [2.24, 2.45) is 17.6 Å². The van der Waals surface area contributed by atoms with E-state index in [1.54, 1.807) is 0 Å². The van der Waals surface area contributed by atoms with Crippen LogP contribution in [0.15, 0.2) is 48.5 Å². The highest BCUT2D eigenvalue weighted by Crippen LogP contribution is 2.47. The summed E-state index contributed by atoms with van der Waals surface area (Å²) < 4.78 is 6.54. The molecule has 2 nitrogen and oxygen atoms in total. The van der Waals surface area contributed by atoms with Crippen molar-refractivity contribution in [3.63, 3.8) is 0 Å². The molecule has 5 atom stereocenters. The molecule has 0 saturated heterocycles. The first kappa shape index (κ1) is 19.1. The lowest BCUT2D eigenvalue weighted by molar-refractivity contribution is 0.0988. The lowest BCUT2D eigenvalue weighted by atomic mass is 9.76. The Bertz CT molecular complexity index is 817. The molecule has 2 fully saturated rings. The fourth-order valence-corrected chi connectivity index (χ4v) is 5.23. The Morgan fingerprint density at radius 1 is 0.964 bits per heavy atom. The van der Waals surface area contributed by atoms with Gasteiger partial charge in [0.05, 0.1) is 0 Å². The largest absolute Gasteiger partial charge is 0.490 e. The molecule has 2 aliphatic rings. The Labute approximate surface area is 169 Å². The molecule has 0 heterocycles. The first-order valence-electron chi connectivity index (χ1n) is 10.7. The van der Waals surface area contributed by atoms with Gasteiger partial charge in [0.25, 0.3) is 0 Å². The van der Waals surface area contributed by atoms with E-state index in [2.05, 4.69) is 37.1 Å². The SMILES string of the molecule is C#Cc1ccc(OC2CC(c3ccc(C)cc3)CC2C2CCCC(N)C2)cc1. The van der Waals surface area contributed by atoms with Gasteiger partial charge in [-0.15, -0.1) is 6.42 Å². The number of rotatable bonds is 4. The highest BCUT2D eigenvalue weighted by atomic mass is 16.5. The van der Waals surface area contributed by atoms with Crippen LogP contribution in [-0.2, 0) is 0 Å². The van der Waals surface area contributed by atoms with Crippen LogP contribution in [0.5, 0.6) is 5.75 Å². The lowest BCUT2D eigenvalue weighted by Crippen LogP contribution is -2.35. The van der Waals surface area contributed by atoms with Crippen molar-refractivity contribution < 1.29 is 4.74 Å². The van der Waals surface area contributed by atoms with Gasteiger partial charge in [0.1, 0.15) is 11.9 Å². The van der Waals surface area contributed by atoms with Crippen LogP contribution in [0.4, 0.5) is 0 Å². The molecule has 146 valence electrons. The van der Waals surface area contributed by atoms with Crippen molar-refractivity contribution in [2.75, 3.05) is 0 Å². The summed E-state index contributed by atoms with van der Waals surface area (Å²) in [6, 6.07) is 17.4. The summed E-state index contributed by atoms with van der Waals surface area (Å²) >= 11 is 0. The number of hydrogen-bond donors (Lipinski definition) is 1. The normalized spacial score (nSPS) is 30.0. The van der Waals surface area contributed by atoms with E-state index in [4.69, 9.17) is 16.9 Å². The second-order valence-electron chi connectivity index (χ2n) is 8.75. The molecule has 2 heteroatoms. The molecule has 5 unspecified atom stereocenters. The summed E-state index contributed by atoms with van der Waals surface area (Å²) in [5.41, 5.74) is 9.99. The molecule has 2 saturated carbocycles. The van der Waals surface area contributed by atoms with E-state index in [1.807, 2.05) is 24.3 Å². The average molecular weight is 374 g/mol. The van der Waals surface area contributed by atoms with Crippen LogP contribution in [-0.4, -0.2) is 12.1 Å². The minimum atomic E-state index is 0.248. The Morgan fingerprint density at radius 2 is 1.71 bits per heavy atom. The standard InChI is InChI=1S/C26H31NO/c1-3-19-9-13-24(14-10-19)28-26-17-22(20-11-7-18(2)8-12-20)16-25(26)21-5-4-6-23(27)15-21/h1,7-14,21-23,25-26H,4-6,15-17,27H2,2H3. The van der Waals surface area contributed by atoms with Crippen LogP contribution in [0.2, 0.25) is 0 Å². The van der Waals surface area contributed by atoms with Crippen molar-refractivity contribution in [3.05, 3.63) is 65.2 Å². The molecule has 0 aromatic heterocycles. The summed E-state index contributed by atoms with van der Waals surface area (Å²) in [5, 5.41) is 0. The Kier molecular flexibility index (Phi) is 5.74. The molecule has 0 radical (unpaired) electrons. The van der Waals surface area contributed by atoms with E-state index in [1.165, 1.54) is 36.8 Å². The summed E-state index contributed by atoms with van der Waals surface area (Å²) in [5.74, 6) is 5.42. The molecule has 4 rings (SSSR count). The molecule has 2 aliphatic carbocycles. The maximum absolute atomic E-state index is 6.54. The van der Waals surface area contributed by atoms with Crippen molar-refractivity contribution in [3.8, 4) is 18.1 Å². The van der Waals surface area contributed by atoms with Gasteiger partial charge in [-0.25, -0.2) is 0 Å². The maximum atomic E-state index is 6.54. The van der Waals surface area contributed by atoms with Crippen LogP contribution in [0.3, 0.4) is 0 Å². The predicted octanol–water partition coefficient (Wildman–Crippen LogP) is 5.44. The van der Waals surface area contributed by atoms with Gasteiger partial charge in [0.2, 0.25) is 0 Å². The zero-order chi connectivity index (χ0) is 19.5. The van der Waals surface area contributed by atoms with Crippen LogP contribution in [0.25, 0.3) is 0 Å². The number of benzene rings is 2. The van der Waals surface area contributed by atoms with Crippen molar-refractivity contribution in [1.82, 2.24) is 0 Å². The van der Waals surface area contributed by atoms with Gasteiger partial charge in [-0.2, -0.15) is 0 Å². The minimum Gasteiger partial charge on any atom is -0.490 e. The molecule has 2 aromatic rings. The van der Waals surface area contributed by atoms with Gasteiger partial charge in [-0.05, 0) is 86.6 Å². The molecular weight excluding hydrogens is 342 g/mol. The monoisotopic (exact) mass is 373 g/mol. The minimum absolute atomic E-state index is 0.248. The quantitative estimate of drug-likeness (QED) is 0.725. The van der Waals surface area contributed by atoms with E-state index in [0.717, 1.165) is 24.2 Å². The fourth-order valence-electron chi connectivity index (χ4n) is 5.23. The smallest absolute Gasteiger partial charge is 0.119 e. The predicted molar refractivity (Wildman–Crippen MR) is 115 cm³/mol. The van der Waals surface area contributed by atoms with Crippen LogP contribution < -0.4 is 10.5 Å². The highest BCUT2D eigenvalue weighted by molar-refractivity contribution is 5.37. The third-order valence-corrected chi connectivity index (χ3v) is 6.77. The molecule has 0 amide bonds. The number of ether oxygens (including phenoxy) is 1. The third kappa shape index (κ3) is 4.26. The van der Waals surface area contributed by atoms with Gasteiger partial charge in [0.15, 0.2) is 0 Å². The van der Waals surface area contributed by atoms with E-state index in [9.17, 15) is 0 Å². The van der Waals surface area contributed by atoms with Crippen LogP contribution in [0, 0.1) is 31.1 Å². The number of terminal acetylenes is 1. The van der Waals surface area contributed by atoms with E-state index < -0.39 is 0 Å². The summed E-state index contributed by atoms with van der Waals surface area (Å²) in [7, 11) is 0. The topological polar surface area (TPSA) is 35.2 Å². The van der Waals surface area contributed by atoms with Gasteiger partial charge >= 0.3 is 0 Å². The Hall–Kier alpha value is -2.24.